The zero-order valence-electron chi connectivity index (χ0n) is 19.2. The van der Waals surface area contributed by atoms with E-state index >= 15 is 0 Å². The molecule has 0 radical (unpaired) electrons. The van der Waals surface area contributed by atoms with Crippen molar-refractivity contribution in [1.82, 2.24) is 15.2 Å². The van der Waals surface area contributed by atoms with Crippen LogP contribution in [0.5, 0.6) is 0 Å². The molecule has 36 heavy (non-hydrogen) atoms. The number of anilines is 1. The van der Waals surface area contributed by atoms with Crippen molar-refractivity contribution in [3.63, 3.8) is 0 Å². The summed E-state index contributed by atoms with van der Waals surface area (Å²) in [5.74, 6) is -0.185. The number of pyridine rings is 1. The first-order chi connectivity index (χ1) is 17.7. The van der Waals surface area contributed by atoms with Crippen LogP contribution in [0.15, 0.2) is 101 Å². The van der Waals surface area contributed by atoms with Gasteiger partial charge in [0.2, 0.25) is 0 Å². The number of carbonyl (C=O) groups excluding carboxylic acids is 1. The summed E-state index contributed by atoms with van der Waals surface area (Å²) in [6, 6.07) is 28.8. The van der Waals surface area contributed by atoms with Crippen LogP contribution in [0.1, 0.15) is 27.3 Å². The van der Waals surface area contributed by atoms with Crippen molar-refractivity contribution in [3.8, 4) is 6.07 Å². The molecule has 7 heteroatoms. The van der Waals surface area contributed by atoms with Gasteiger partial charge in [-0.2, -0.15) is 10.4 Å². The third kappa shape index (κ3) is 5.35. The molecule has 0 aliphatic rings. The summed E-state index contributed by atoms with van der Waals surface area (Å²) in [7, 11) is 0. The van der Waals surface area contributed by atoms with Gasteiger partial charge in [-0.25, -0.2) is 0 Å². The van der Waals surface area contributed by atoms with Crippen molar-refractivity contribution in [2.45, 2.75) is 16.2 Å². The molecule has 0 aliphatic carbocycles. The number of aromatic nitrogens is 3. The van der Waals surface area contributed by atoms with Gasteiger partial charge in [-0.3, -0.25) is 14.9 Å². The van der Waals surface area contributed by atoms with Crippen molar-refractivity contribution in [2.75, 3.05) is 5.32 Å². The zero-order chi connectivity index (χ0) is 24.7. The maximum Gasteiger partial charge on any atom is 0.256 e. The monoisotopic (exact) mass is 487 g/mol. The number of amides is 1. The average molecular weight is 488 g/mol. The SMILES string of the molecule is N#CCc1ccc(NC(=O)c2ccccc2Sc2ccc3c(/C=C/c4ccccn4)n[nH]c3c2)cc1. The van der Waals surface area contributed by atoms with Crippen LogP contribution in [0.2, 0.25) is 0 Å². The Bertz CT molecular complexity index is 1580. The van der Waals surface area contributed by atoms with E-state index in [2.05, 4.69) is 26.6 Å². The number of hydrogen-bond donors (Lipinski definition) is 2. The van der Waals surface area contributed by atoms with Gasteiger partial charge in [-0.05, 0) is 72.3 Å². The molecule has 0 spiro atoms. The highest BCUT2D eigenvalue weighted by molar-refractivity contribution is 7.99. The molecule has 0 aliphatic heterocycles. The molecule has 2 aromatic heterocycles. The van der Waals surface area contributed by atoms with Crippen molar-refractivity contribution in [2.24, 2.45) is 0 Å². The van der Waals surface area contributed by atoms with Gasteiger partial charge in [0, 0.05) is 27.1 Å². The molecule has 174 valence electrons. The third-order valence-electron chi connectivity index (χ3n) is 5.52. The van der Waals surface area contributed by atoms with Gasteiger partial charge in [0.15, 0.2) is 0 Å². The second-order valence-corrected chi connectivity index (χ2v) is 9.10. The van der Waals surface area contributed by atoms with Crippen molar-refractivity contribution >= 4 is 46.4 Å². The van der Waals surface area contributed by atoms with E-state index < -0.39 is 0 Å². The highest BCUT2D eigenvalue weighted by Crippen LogP contribution is 2.33. The lowest BCUT2D eigenvalue weighted by Gasteiger charge is -2.10. The van der Waals surface area contributed by atoms with Crippen LogP contribution >= 0.6 is 11.8 Å². The molecular weight excluding hydrogens is 466 g/mol. The minimum atomic E-state index is -0.185. The standard InChI is InChI=1S/C29H21N5OS/c30-17-16-20-8-10-22(11-9-20)32-29(35)25-6-1-2-7-28(25)36-23-13-14-24-26(33-34-27(24)19-23)15-12-21-5-3-4-18-31-21/h1-15,18-19H,16H2,(H,32,35)(H,33,34)/b15-12+. The molecule has 5 aromatic rings. The molecule has 0 fully saturated rings. The number of hydrogen-bond acceptors (Lipinski definition) is 5. The van der Waals surface area contributed by atoms with Gasteiger partial charge >= 0.3 is 0 Å². The van der Waals surface area contributed by atoms with Gasteiger partial charge < -0.3 is 5.32 Å². The maximum atomic E-state index is 13.0. The van der Waals surface area contributed by atoms with E-state index in [-0.39, 0.29) is 5.91 Å². The molecule has 2 heterocycles. The summed E-state index contributed by atoms with van der Waals surface area (Å²) in [5, 5.41) is 20.3. The molecule has 2 N–H and O–H groups in total. The molecule has 0 atom stereocenters. The molecule has 5 rings (SSSR count). The molecule has 6 nitrogen and oxygen atoms in total. The largest absolute Gasteiger partial charge is 0.322 e. The molecular formula is C29H21N5OS. The number of nitriles is 1. The number of nitrogens with zero attached hydrogens (tertiary/aromatic N) is 3. The maximum absolute atomic E-state index is 13.0. The van der Waals surface area contributed by atoms with E-state index in [1.54, 1.807) is 6.20 Å². The first-order valence-electron chi connectivity index (χ1n) is 11.3. The fourth-order valence-electron chi connectivity index (χ4n) is 3.72. The zero-order valence-corrected chi connectivity index (χ0v) is 20.0. The topological polar surface area (TPSA) is 94.5 Å². The van der Waals surface area contributed by atoms with Gasteiger partial charge in [-0.15, -0.1) is 0 Å². The van der Waals surface area contributed by atoms with Gasteiger partial charge in [0.1, 0.15) is 0 Å². The van der Waals surface area contributed by atoms with E-state index in [1.165, 1.54) is 11.8 Å². The number of aromatic amines is 1. The number of benzene rings is 3. The Morgan fingerprint density at radius 2 is 1.83 bits per heavy atom. The Kier molecular flexibility index (Phi) is 6.88. The first-order valence-corrected chi connectivity index (χ1v) is 12.1. The Balaban J connectivity index is 1.33. The average Bonchev–Trinajstić information content (AvgIpc) is 3.32. The van der Waals surface area contributed by atoms with Crippen LogP contribution in [0, 0.1) is 11.3 Å². The molecule has 0 bridgehead atoms. The van der Waals surface area contributed by atoms with E-state index in [1.807, 2.05) is 97.1 Å². The summed E-state index contributed by atoms with van der Waals surface area (Å²) in [6.45, 7) is 0. The number of nitrogens with one attached hydrogen (secondary N) is 2. The highest BCUT2D eigenvalue weighted by atomic mass is 32.2. The summed E-state index contributed by atoms with van der Waals surface area (Å²) >= 11 is 1.52. The highest BCUT2D eigenvalue weighted by Gasteiger charge is 2.13. The van der Waals surface area contributed by atoms with Crippen LogP contribution in [0.25, 0.3) is 23.1 Å². The normalized spacial score (nSPS) is 11.0. The lowest BCUT2D eigenvalue weighted by atomic mass is 10.1. The van der Waals surface area contributed by atoms with Crippen LogP contribution < -0.4 is 5.32 Å². The molecule has 0 saturated carbocycles. The molecule has 0 unspecified atom stereocenters. The third-order valence-corrected chi connectivity index (χ3v) is 6.58. The molecule has 0 saturated heterocycles. The molecule has 1 amide bonds. The van der Waals surface area contributed by atoms with E-state index in [4.69, 9.17) is 5.26 Å². The quantitative estimate of drug-likeness (QED) is 0.270. The lowest BCUT2D eigenvalue weighted by molar-refractivity contribution is 0.102. The first kappa shape index (κ1) is 23.1. The summed E-state index contributed by atoms with van der Waals surface area (Å²) in [6.07, 6.45) is 5.98. The predicted octanol–water partition coefficient (Wildman–Crippen LogP) is 6.60. The Labute approximate surface area is 212 Å². The van der Waals surface area contributed by atoms with Crippen LogP contribution in [-0.2, 0) is 6.42 Å². The van der Waals surface area contributed by atoms with E-state index in [9.17, 15) is 4.79 Å². The fourth-order valence-corrected chi connectivity index (χ4v) is 4.70. The Morgan fingerprint density at radius 1 is 1.00 bits per heavy atom. The summed E-state index contributed by atoms with van der Waals surface area (Å²) in [5.41, 5.74) is 4.82. The minimum absolute atomic E-state index is 0.185. The number of carbonyl (C=O) groups is 1. The summed E-state index contributed by atoms with van der Waals surface area (Å²) < 4.78 is 0. The van der Waals surface area contributed by atoms with Crippen LogP contribution in [0.3, 0.4) is 0 Å². The van der Waals surface area contributed by atoms with Gasteiger partial charge in [-0.1, -0.05) is 42.1 Å². The molecule has 3 aromatic carbocycles. The van der Waals surface area contributed by atoms with Crippen LogP contribution in [0.4, 0.5) is 5.69 Å². The number of H-pyrrole nitrogens is 1. The van der Waals surface area contributed by atoms with Crippen LogP contribution in [-0.4, -0.2) is 21.1 Å². The van der Waals surface area contributed by atoms with Crippen molar-refractivity contribution < 1.29 is 4.79 Å². The number of rotatable bonds is 7. The lowest BCUT2D eigenvalue weighted by Crippen LogP contribution is -2.12. The second-order valence-electron chi connectivity index (χ2n) is 7.99. The van der Waals surface area contributed by atoms with Crippen molar-refractivity contribution in [1.29, 1.82) is 5.26 Å². The Hall–Kier alpha value is -4.67. The minimum Gasteiger partial charge on any atom is -0.322 e. The predicted molar refractivity (Wildman–Crippen MR) is 144 cm³/mol. The Morgan fingerprint density at radius 3 is 2.64 bits per heavy atom. The smallest absolute Gasteiger partial charge is 0.256 e. The van der Waals surface area contributed by atoms with Gasteiger partial charge in [0.05, 0.1) is 35.0 Å². The van der Waals surface area contributed by atoms with E-state index in [0.717, 1.165) is 37.6 Å². The fraction of sp³-hybridized carbons (Fsp3) is 0.0345. The van der Waals surface area contributed by atoms with E-state index in [0.29, 0.717) is 17.7 Å². The van der Waals surface area contributed by atoms with Gasteiger partial charge in [0.25, 0.3) is 5.91 Å². The number of fused-ring (bicyclic) bond motifs is 1. The summed E-state index contributed by atoms with van der Waals surface area (Å²) in [4.78, 5) is 19.2. The second kappa shape index (κ2) is 10.7. The van der Waals surface area contributed by atoms with Crippen molar-refractivity contribution in [3.05, 3.63) is 114 Å².